The summed E-state index contributed by atoms with van der Waals surface area (Å²) < 4.78 is 5.15. The number of carbonyl (C=O) groups excluding carboxylic acids is 1. The first-order valence-corrected chi connectivity index (χ1v) is 9.31. The summed E-state index contributed by atoms with van der Waals surface area (Å²) in [6, 6.07) is 0. The Labute approximate surface area is 146 Å². The van der Waals surface area contributed by atoms with Gasteiger partial charge in [-0.1, -0.05) is 65.2 Å². The molecule has 0 aliphatic carbocycles. The molecule has 1 unspecified atom stereocenters. The fourth-order valence-electron chi connectivity index (χ4n) is 2.48. The van der Waals surface area contributed by atoms with E-state index in [1.807, 2.05) is 0 Å². The molecule has 140 valence electrons. The lowest BCUT2D eigenvalue weighted by molar-refractivity contribution is -0.142. The minimum absolute atomic E-state index is 0.0844. The summed E-state index contributed by atoms with van der Waals surface area (Å²) in [5.74, 6) is -1.49. The summed E-state index contributed by atoms with van der Waals surface area (Å²) in [5, 5.41) is 18.7. The van der Waals surface area contributed by atoms with Gasteiger partial charge in [0.1, 0.15) is 5.76 Å². The van der Waals surface area contributed by atoms with Crippen LogP contribution in [0.5, 0.6) is 0 Å². The molecular formula is C19H34O5. The number of rotatable bonds is 15. The van der Waals surface area contributed by atoms with Crippen molar-refractivity contribution < 1.29 is 24.5 Å². The summed E-state index contributed by atoms with van der Waals surface area (Å²) in [7, 11) is 0. The Morgan fingerprint density at radius 3 is 2.12 bits per heavy atom. The van der Waals surface area contributed by atoms with Crippen LogP contribution in [0.1, 0.15) is 90.9 Å². The molecule has 5 heteroatoms. The van der Waals surface area contributed by atoms with E-state index in [9.17, 15) is 14.7 Å². The summed E-state index contributed by atoms with van der Waals surface area (Å²) in [6.07, 6.45) is 10.5. The van der Waals surface area contributed by atoms with Gasteiger partial charge in [-0.05, 0) is 12.8 Å². The van der Waals surface area contributed by atoms with E-state index in [2.05, 4.69) is 13.8 Å². The van der Waals surface area contributed by atoms with Crippen LogP contribution >= 0.6 is 0 Å². The predicted octanol–water partition coefficient (Wildman–Crippen LogP) is 4.58. The third kappa shape index (κ3) is 14.2. The molecule has 2 N–H and O–H groups in total. The predicted molar refractivity (Wildman–Crippen MR) is 94.6 cm³/mol. The normalized spacial score (nSPS) is 12.9. The minimum atomic E-state index is -1.12. The largest absolute Gasteiger partial charge is 0.478 e. The number of hydrogen-bond donors (Lipinski definition) is 2. The van der Waals surface area contributed by atoms with Crippen molar-refractivity contribution in [2.75, 3.05) is 0 Å². The highest BCUT2D eigenvalue weighted by molar-refractivity contribution is 5.81. The van der Waals surface area contributed by atoms with E-state index >= 15 is 0 Å². The molecule has 0 heterocycles. The van der Waals surface area contributed by atoms with Gasteiger partial charge in [-0.15, -0.1) is 0 Å². The van der Waals surface area contributed by atoms with Gasteiger partial charge < -0.3 is 14.9 Å². The van der Waals surface area contributed by atoms with Crippen LogP contribution in [-0.2, 0) is 14.3 Å². The van der Waals surface area contributed by atoms with Gasteiger partial charge in [0.15, 0.2) is 0 Å². The van der Waals surface area contributed by atoms with Gasteiger partial charge in [0.2, 0.25) is 0 Å². The smallest absolute Gasteiger partial charge is 0.331 e. The van der Waals surface area contributed by atoms with E-state index in [0.29, 0.717) is 12.8 Å². The Kier molecular flexibility index (Phi) is 14.3. The number of allylic oxidation sites excluding steroid dienone is 1. The molecule has 24 heavy (non-hydrogen) atoms. The molecule has 0 aromatic rings. The number of ether oxygens (including phenoxy) is 1. The van der Waals surface area contributed by atoms with Gasteiger partial charge >= 0.3 is 11.9 Å². The Bertz CT molecular complexity index is 376. The Morgan fingerprint density at radius 2 is 1.54 bits per heavy atom. The molecule has 0 amide bonds. The van der Waals surface area contributed by atoms with Crippen LogP contribution < -0.4 is 0 Å². The molecule has 0 aromatic carbocycles. The highest BCUT2D eigenvalue weighted by atomic mass is 16.5. The molecule has 0 saturated heterocycles. The number of carboxylic acids is 1. The molecule has 0 saturated carbocycles. The number of carbonyl (C=O) groups is 2. The van der Waals surface area contributed by atoms with Crippen molar-refractivity contribution in [1.82, 2.24) is 0 Å². The third-order valence-electron chi connectivity index (χ3n) is 3.85. The second kappa shape index (κ2) is 15.2. The zero-order valence-electron chi connectivity index (χ0n) is 15.3. The van der Waals surface area contributed by atoms with Gasteiger partial charge in [0, 0.05) is 6.42 Å². The molecule has 0 aliphatic rings. The van der Waals surface area contributed by atoms with Gasteiger partial charge in [-0.3, -0.25) is 4.79 Å². The molecule has 1 atom stereocenters. The van der Waals surface area contributed by atoms with Gasteiger partial charge in [0.25, 0.3) is 0 Å². The van der Waals surface area contributed by atoms with E-state index in [0.717, 1.165) is 63.9 Å². The van der Waals surface area contributed by atoms with Crippen molar-refractivity contribution in [2.45, 2.75) is 97.0 Å². The lowest BCUT2D eigenvalue weighted by Crippen LogP contribution is -2.16. The highest BCUT2D eigenvalue weighted by Crippen LogP contribution is 2.15. The van der Waals surface area contributed by atoms with Crippen LogP contribution in [-0.4, -0.2) is 28.3 Å². The molecule has 0 fully saturated rings. The maximum Gasteiger partial charge on any atom is 0.331 e. The first kappa shape index (κ1) is 22.6. The lowest BCUT2D eigenvalue weighted by atomic mass is 10.1. The summed E-state index contributed by atoms with van der Waals surface area (Å²) in [6.45, 7) is 4.25. The highest BCUT2D eigenvalue weighted by Gasteiger charge is 2.14. The third-order valence-corrected chi connectivity index (χ3v) is 3.85. The SMILES string of the molecule is CCCCCCCC(=CC(=O)O)OC(=O)CC(O)CCCCCC. The maximum absolute atomic E-state index is 11.9. The second-order valence-corrected chi connectivity index (χ2v) is 6.29. The summed E-state index contributed by atoms with van der Waals surface area (Å²) in [5.41, 5.74) is 0. The van der Waals surface area contributed by atoms with Crippen molar-refractivity contribution >= 4 is 11.9 Å². The second-order valence-electron chi connectivity index (χ2n) is 6.29. The molecule has 0 radical (unpaired) electrons. The number of aliphatic hydroxyl groups excluding tert-OH is 1. The standard InChI is InChI=1S/C19H34O5/c1-3-5-7-9-11-13-17(15-18(21)22)24-19(23)14-16(20)12-10-8-6-4-2/h15-16,20H,3-14H2,1-2H3,(H,21,22). The number of esters is 1. The summed E-state index contributed by atoms with van der Waals surface area (Å²) >= 11 is 0. The fourth-order valence-corrected chi connectivity index (χ4v) is 2.48. The van der Waals surface area contributed by atoms with Crippen LogP contribution in [0, 0.1) is 0 Å². The zero-order chi connectivity index (χ0) is 18.2. The number of aliphatic hydroxyl groups is 1. The molecule has 0 aromatic heterocycles. The van der Waals surface area contributed by atoms with E-state index in [1.165, 1.54) is 0 Å². The Morgan fingerprint density at radius 1 is 0.958 bits per heavy atom. The Hall–Kier alpha value is -1.36. The van der Waals surface area contributed by atoms with E-state index in [4.69, 9.17) is 9.84 Å². The molecule has 0 bridgehead atoms. The number of hydrogen-bond acceptors (Lipinski definition) is 4. The number of aliphatic carboxylic acids is 1. The van der Waals surface area contributed by atoms with Crippen LogP contribution in [0.3, 0.4) is 0 Å². The average molecular weight is 342 g/mol. The van der Waals surface area contributed by atoms with Crippen molar-refractivity contribution in [2.24, 2.45) is 0 Å². The summed E-state index contributed by atoms with van der Waals surface area (Å²) in [4.78, 5) is 22.7. The minimum Gasteiger partial charge on any atom is -0.478 e. The van der Waals surface area contributed by atoms with Gasteiger partial charge in [0.05, 0.1) is 18.6 Å². The topological polar surface area (TPSA) is 83.8 Å². The van der Waals surface area contributed by atoms with Crippen molar-refractivity contribution in [3.05, 3.63) is 11.8 Å². The molecule has 0 spiro atoms. The lowest BCUT2D eigenvalue weighted by Gasteiger charge is -2.12. The molecule has 0 aliphatic heterocycles. The number of unbranched alkanes of at least 4 members (excludes halogenated alkanes) is 7. The van der Waals surface area contributed by atoms with Crippen LogP contribution in [0.15, 0.2) is 11.8 Å². The van der Waals surface area contributed by atoms with Crippen molar-refractivity contribution in [1.29, 1.82) is 0 Å². The van der Waals surface area contributed by atoms with Gasteiger partial charge in [-0.2, -0.15) is 0 Å². The maximum atomic E-state index is 11.9. The van der Waals surface area contributed by atoms with Crippen LogP contribution in [0.25, 0.3) is 0 Å². The van der Waals surface area contributed by atoms with E-state index < -0.39 is 18.0 Å². The molecular weight excluding hydrogens is 308 g/mol. The zero-order valence-corrected chi connectivity index (χ0v) is 15.3. The Balaban J connectivity index is 4.17. The number of carboxylic acid groups (broad SMARTS) is 1. The fraction of sp³-hybridized carbons (Fsp3) is 0.789. The first-order valence-electron chi connectivity index (χ1n) is 9.31. The molecule has 0 rings (SSSR count). The van der Waals surface area contributed by atoms with Crippen LogP contribution in [0.4, 0.5) is 0 Å². The quantitative estimate of drug-likeness (QED) is 0.197. The average Bonchev–Trinajstić information content (AvgIpc) is 2.50. The van der Waals surface area contributed by atoms with Gasteiger partial charge in [-0.25, -0.2) is 4.79 Å². The molecule has 5 nitrogen and oxygen atoms in total. The van der Waals surface area contributed by atoms with E-state index in [1.54, 1.807) is 0 Å². The van der Waals surface area contributed by atoms with Crippen LogP contribution in [0.2, 0.25) is 0 Å². The van der Waals surface area contributed by atoms with Crippen molar-refractivity contribution in [3.63, 3.8) is 0 Å². The van der Waals surface area contributed by atoms with Crippen molar-refractivity contribution in [3.8, 4) is 0 Å². The van der Waals surface area contributed by atoms with E-state index in [-0.39, 0.29) is 12.2 Å². The monoisotopic (exact) mass is 342 g/mol. The first-order chi connectivity index (χ1) is 11.5.